The number of rotatable bonds is 3. The first-order chi connectivity index (χ1) is 17.7. The van der Waals surface area contributed by atoms with Gasteiger partial charge in [0.2, 0.25) is 0 Å². The largest absolute Gasteiger partial charge is 0.325 e. The molecule has 1 amide bonds. The van der Waals surface area contributed by atoms with Gasteiger partial charge in [-0.15, -0.1) is 0 Å². The van der Waals surface area contributed by atoms with Crippen molar-refractivity contribution in [1.82, 2.24) is 29.3 Å². The molecule has 0 spiro atoms. The normalized spacial score (nSPS) is 19.1. The molecule has 0 radical (unpaired) electrons. The van der Waals surface area contributed by atoms with Crippen molar-refractivity contribution >= 4 is 11.6 Å². The zero-order chi connectivity index (χ0) is 26.2. The molecule has 6 rings (SSSR count). The quantitative estimate of drug-likeness (QED) is 0.354. The van der Waals surface area contributed by atoms with Crippen LogP contribution in [0.2, 0.25) is 0 Å². The van der Waals surface area contributed by atoms with Crippen molar-refractivity contribution in [1.29, 1.82) is 0 Å². The molecule has 192 valence electrons. The van der Waals surface area contributed by atoms with Crippen molar-refractivity contribution in [3.8, 4) is 11.3 Å². The zero-order valence-electron chi connectivity index (χ0n) is 21.1. The van der Waals surface area contributed by atoms with Crippen molar-refractivity contribution in [2.75, 3.05) is 0 Å². The molecule has 1 saturated heterocycles. The Kier molecular flexibility index (Phi) is 5.40. The van der Waals surface area contributed by atoms with Crippen LogP contribution in [0.1, 0.15) is 78.1 Å². The SMILES string of the molecule is Cc1cnn2c(C(=O)N3[C@H]4CCC[C@@H]3c3nn(C)c(-c5cc(F)c(F)c(F)c5)c3C4)cc(C(C)C)nc12. The van der Waals surface area contributed by atoms with Gasteiger partial charge in [0.1, 0.15) is 5.69 Å². The molecular weight excluding hydrogens is 481 g/mol. The van der Waals surface area contributed by atoms with Crippen molar-refractivity contribution in [2.45, 2.75) is 64.5 Å². The van der Waals surface area contributed by atoms with E-state index < -0.39 is 17.5 Å². The van der Waals surface area contributed by atoms with E-state index in [4.69, 9.17) is 10.1 Å². The van der Waals surface area contributed by atoms with Crippen molar-refractivity contribution in [2.24, 2.45) is 7.05 Å². The van der Waals surface area contributed by atoms with Crippen LogP contribution < -0.4 is 0 Å². The lowest BCUT2D eigenvalue weighted by molar-refractivity contribution is 0.0382. The van der Waals surface area contributed by atoms with Gasteiger partial charge < -0.3 is 4.90 Å². The number of benzene rings is 1. The highest BCUT2D eigenvalue weighted by atomic mass is 19.2. The predicted molar refractivity (Wildman–Crippen MR) is 131 cm³/mol. The van der Waals surface area contributed by atoms with Crippen LogP contribution in [0, 0.1) is 24.4 Å². The summed E-state index contributed by atoms with van der Waals surface area (Å²) in [5.74, 6) is -3.98. The molecule has 37 heavy (non-hydrogen) atoms. The Hall–Kier alpha value is -3.69. The number of amides is 1. The lowest BCUT2D eigenvalue weighted by Gasteiger charge is -2.45. The summed E-state index contributed by atoms with van der Waals surface area (Å²) in [6, 6.07) is 3.44. The summed E-state index contributed by atoms with van der Waals surface area (Å²) < 4.78 is 45.0. The van der Waals surface area contributed by atoms with E-state index >= 15 is 0 Å². The van der Waals surface area contributed by atoms with Gasteiger partial charge >= 0.3 is 0 Å². The number of carbonyl (C=O) groups is 1. The van der Waals surface area contributed by atoms with Gasteiger partial charge in [-0.05, 0) is 56.7 Å². The fraction of sp³-hybridized carbons (Fsp3) is 0.407. The first kappa shape index (κ1) is 23.7. The Morgan fingerprint density at radius 1 is 1.11 bits per heavy atom. The van der Waals surface area contributed by atoms with Gasteiger partial charge in [-0.1, -0.05) is 13.8 Å². The highest BCUT2D eigenvalue weighted by Gasteiger charge is 2.44. The Balaban J connectivity index is 1.46. The number of fused-ring (bicyclic) bond motifs is 5. The Morgan fingerprint density at radius 3 is 2.54 bits per heavy atom. The van der Waals surface area contributed by atoms with Crippen LogP contribution in [0.15, 0.2) is 24.4 Å². The van der Waals surface area contributed by atoms with Gasteiger partial charge in [0.05, 0.1) is 23.6 Å². The second-order valence-electron chi connectivity index (χ2n) is 10.4. The third kappa shape index (κ3) is 3.56. The maximum absolute atomic E-state index is 14.2. The minimum atomic E-state index is -1.49. The highest BCUT2D eigenvalue weighted by molar-refractivity contribution is 5.94. The topological polar surface area (TPSA) is 68.3 Å². The number of hydrogen-bond acceptors (Lipinski definition) is 4. The van der Waals surface area contributed by atoms with E-state index in [-0.39, 0.29) is 29.5 Å². The molecule has 2 aliphatic heterocycles. The second kappa shape index (κ2) is 8.43. The molecule has 10 heteroatoms. The van der Waals surface area contributed by atoms with Crippen LogP contribution in [0.5, 0.6) is 0 Å². The smallest absolute Gasteiger partial charge is 0.273 e. The average molecular weight is 509 g/mol. The van der Waals surface area contributed by atoms with E-state index in [1.807, 2.05) is 31.7 Å². The third-order valence-corrected chi connectivity index (χ3v) is 7.65. The Bertz CT molecular complexity index is 1550. The number of carbonyl (C=O) groups excluding carboxylic acids is 1. The lowest BCUT2D eigenvalue weighted by atomic mass is 9.81. The molecule has 2 aliphatic rings. The molecule has 2 bridgehead atoms. The zero-order valence-corrected chi connectivity index (χ0v) is 21.1. The first-order valence-corrected chi connectivity index (χ1v) is 12.5. The van der Waals surface area contributed by atoms with E-state index in [1.54, 1.807) is 22.4 Å². The summed E-state index contributed by atoms with van der Waals surface area (Å²) >= 11 is 0. The van der Waals surface area contributed by atoms with Crippen LogP contribution in [-0.2, 0) is 13.5 Å². The van der Waals surface area contributed by atoms with Gasteiger partial charge in [0.15, 0.2) is 23.1 Å². The number of hydrogen-bond donors (Lipinski definition) is 0. The summed E-state index contributed by atoms with van der Waals surface area (Å²) in [5, 5.41) is 9.16. The van der Waals surface area contributed by atoms with Gasteiger partial charge in [-0.3, -0.25) is 9.48 Å². The molecule has 3 aromatic heterocycles. The van der Waals surface area contributed by atoms with Gasteiger partial charge in [0, 0.05) is 35.5 Å². The summed E-state index contributed by atoms with van der Waals surface area (Å²) in [7, 11) is 1.71. The van der Waals surface area contributed by atoms with Gasteiger partial charge in [-0.2, -0.15) is 10.2 Å². The molecule has 4 aromatic rings. The number of halogens is 3. The fourth-order valence-corrected chi connectivity index (χ4v) is 5.87. The molecule has 0 saturated carbocycles. The van der Waals surface area contributed by atoms with Crippen molar-refractivity contribution in [3.05, 3.63) is 70.1 Å². The van der Waals surface area contributed by atoms with E-state index in [2.05, 4.69) is 5.10 Å². The molecular formula is C27H27F3N6O. The standard InChI is InChI=1S/C27H27F3N6O/c1-13(2)20-11-22(36-26(32-20)14(3)12-31-36)27(37)35-16-6-5-7-21(35)24-17(10-16)25(34(4)33-24)15-8-18(28)23(30)19(29)9-15/h8-9,11-13,16,21H,5-7,10H2,1-4H3/t16-,21+/m0/s1. The summed E-state index contributed by atoms with van der Waals surface area (Å²) in [5.41, 5.74) is 5.19. The molecule has 0 N–H and O–H groups in total. The van der Waals surface area contributed by atoms with Crippen LogP contribution in [0.4, 0.5) is 13.2 Å². The van der Waals surface area contributed by atoms with E-state index in [0.717, 1.165) is 53.9 Å². The molecule has 5 heterocycles. The van der Waals surface area contributed by atoms with E-state index in [9.17, 15) is 18.0 Å². The predicted octanol–water partition coefficient (Wildman–Crippen LogP) is 5.27. The Morgan fingerprint density at radius 2 is 1.84 bits per heavy atom. The third-order valence-electron chi connectivity index (χ3n) is 7.65. The highest BCUT2D eigenvalue weighted by Crippen LogP contribution is 2.45. The molecule has 0 aliphatic carbocycles. The van der Waals surface area contributed by atoms with Gasteiger partial charge in [-0.25, -0.2) is 22.7 Å². The molecule has 2 atom stereocenters. The first-order valence-electron chi connectivity index (χ1n) is 12.5. The molecule has 0 unspecified atom stereocenters. The minimum Gasteiger partial charge on any atom is -0.325 e. The number of aromatic nitrogens is 5. The number of nitrogens with zero attached hydrogens (tertiary/aromatic N) is 6. The average Bonchev–Trinajstić information content (AvgIpc) is 3.40. The summed E-state index contributed by atoms with van der Waals surface area (Å²) in [6.07, 6.45) is 4.66. The van der Waals surface area contributed by atoms with Crippen LogP contribution in [0.3, 0.4) is 0 Å². The minimum absolute atomic E-state index is 0.112. The molecule has 1 fully saturated rings. The van der Waals surface area contributed by atoms with E-state index in [1.165, 1.54) is 0 Å². The lowest BCUT2D eigenvalue weighted by Crippen LogP contribution is -2.50. The second-order valence-corrected chi connectivity index (χ2v) is 10.4. The maximum atomic E-state index is 14.2. The van der Waals surface area contributed by atoms with Crippen LogP contribution in [0.25, 0.3) is 16.9 Å². The number of piperidine rings is 1. The van der Waals surface area contributed by atoms with Gasteiger partial charge in [0.25, 0.3) is 5.91 Å². The van der Waals surface area contributed by atoms with Crippen LogP contribution in [-0.4, -0.2) is 41.2 Å². The summed E-state index contributed by atoms with van der Waals surface area (Å²) in [4.78, 5) is 20.8. The van der Waals surface area contributed by atoms with Crippen molar-refractivity contribution < 1.29 is 18.0 Å². The maximum Gasteiger partial charge on any atom is 0.273 e. The summed E-state index contributed by atoms with van der Waals surface area (Å²) in [6.45, 7) is 6.00. The van der Waals surface area contributed by atoms with E-state index in [0.29, 0.717) is 23.5 Å². The number of aryl methyl sites for hydroxylation is 2. The monoisotopic (exact) mass is 508 g/mol. The Labute approximate surface area is 211 Å². The molecule has 7 nitrogen and oxygen atoms in total. The van der Waals surface area contributed by atoms with Crippen LogP contribution >= 0.6 is 0 Å². The molecule has 1 aromatic carbocycles. The van der Waals surface area contributed by atoms with Crippen molar-refractivity contribution in [3.63, 3.8) is 0 Å². The fourth-order valence-electron chi connectivity index (χ4n) is 5.87.